The molecule has 0 aliphatic carbocycles. The van der Waals surface area contributed by atoms with Crippen LogP contribution in [-0.2, 0) is 27.8 Å². The van der Waals surface area contributed by atoms with Gasteiger partial charge in [0.15, 0.2) is 6.23 Å². The second-order valence-corrected chi connectivity index (χ2v) is 11.1. The monoisotopic (exact) mass is 574 g/mol. The number of rotatable bonds is 8. The maximum atomic E-state index is 12.9. The van der Waals surface area contributed by atoms with Crippen LogP contribution >= 0.6 is 7.82 Å². The third kappa shape index (κ3) is 5.01. The van der Waals surface area contributed by atoms with Gasteiger partial charge in [0.25, 0.3) is 11.1 Å². The van der Waals surface area contributed by atoms with E-state index in [0.717, 1.165) is 9.13 Å². The normalized spacial score (nSPS) is 33.5. The van der Waals surface area contributed by atoms with E-state index in [1.54, 1.807) is 0 Å². The summed E-state index contributed by atoms with van der Waals surface area (Å²) in [6.45, 7) is 1.43. The molecule has 17 nitrogen and oxygen atoms in total. The predicted molar refractivity (Wildman–Crippen MR) is 127 cm³/mol. The first-order chi connectivity index (χ1) is 18.3. The first-order valence-corrected chi connectivity index (χ1v) is 13.4. The Labute approximate surface area is 218 Å². The third-order valence-corrected chi connectivity index (χ3v) is 7.94. The maximum Gasteiger partial charge on any atom is 0.472 e. The molecular formula is C21H27N4O13P. The smallest absolute Gasteiger partial charge is 0.393 e. The lowest BCUT2D eigenvalue weighted by atomic mass is 10.0. The number of aliphatic hydroxyl groups is 2. The summed E-state index contributed by atoms with van der Waals surface area (Å²) in [4.78, 5) is 62.6. The topological polar surface area (TPSA) is 234 Å². The van der Waals surface area contributed by atoms with Crippen LogP contribution in [0.1, 0.15) is 30.0 Å². The van der Waals surface area contributed by atoms with E-state index in [4.69, 9.17) is 23.3 Å². The Morgan fingerprint density at radius 1 is 1.10 bits per heavy atom. The Balaban J connectivity index is 1.28. The number of hydrogen-bond donors (Lipinski definition) is 5. The molecule has 0 spiro atoms. The molecule has 214 valence electrons. The summed E-state index contributed by atoms with van der Waals surface area (Å²) in [5, 5.41) is 20.4. The molecule has 3 fully saturated rings. The Hall–Kier alpha value is -2.73. The molecule has 2 aromatic rings. The van der Waals surface area contributed by atoms with E-state index in [2.05, 4.69) is 9.97 Å². The molecule has 5 rings (SSSR count). The van der Waals surface area contributed by atoms with Crippen LogP contribution in [0.25, 0.3) is 0 Å². The van der Waals surface area contributed by atoms with Crippen LogP contribution in [0.5, 0.6) is 0 Å². The van der Waals surface area contributed by atoms with Crippen LogP contribution in [0.2, 0.25) is 0 Å². The lowest BCUT2D eigenvalue weighted by Gasteiger charge is -2.30. The van der Waals surface area contributed by atoms with Gasteiger partial charge in [0, 0.05) is 29.9 Å². The van der Waals surface area contributed by atoms with Crippen molar-refractivity contribution >= 4 is 7.82 Å². The van der Waals surface area contributed by atoms with Crippen molar-refractivity contribution in [2.45, 2.75) is 62.7 Å². The molecule has 2 bridgehead atoms. The zero-order chi connectivity index (χ0) is 28.3. The van der Waals surface area contributed by atoms with Crippen LogP contribution in [0.3, 0.4) is 0 Å². The molecule has 0 saturated carbocycles. The average molecular weight is 574 g/mol. The van der Waals surface area contributed by atoms with Crippen molar-refractivity contribution in [3.8, 4) is 0 Å². The number of ether oxygens (including phenoxy) is 3. The molecule has 18 heteroatoms. The lowest BCUT2D eigenvalue weighted by Crippen LogP contribution is -2.45. The number of aliphatic hydroxyl groups excluding tert-OH is 2. The highest BCUT2D eigenvalue weighted by Gasteiger charge is 2.64. The van der Waals surface area contributed by atoms with E-state index < -0.39 is 86.0 Å². The predicted octanol–water partition coefficient (Wildman–Crippen LogP) is -2.49. The zero-order valence-corrected chi connectivity index (χ0v) is 21.6. The van der Waals surface area contributed by atoms with Crippen molar-refractivity contribution in [3.63, 3.8) is 0 Å². The Morgan fingerprint density at radius 2 is 1.72 bits per heavy atom. The van der Waals surface area contributed by atoms with Gasteiger partial charge in [-0.25, -0.2) is 14.2 Å². The maximum absolute atomic E-state index is 12.9. The molecular weight excluding hydrogens is 547 g/mol. The van der Waals surface area contributed by atoms with Crippen molar-refractivity contribution in [2.75, 3.05) is 19.8 Å². The summed E-state index contributed by atoms with van der Waals surface area (Å²) in [7, 11) is -4.90. The first-order valence-electron chi connectivity index (χ1n) is 11.9. The number of nitrogens with one attached hydrogen (secondary N) is 2. The number of phosphoric ester groups is 1. The molecule has 5 heterocycles. The molecule has 0 radical (unpaired) electrons. The summed E-state index contributed by atoms with van der Waals surface area (Å²) in [6.07, 6.45) is -4.52. The summed E-state index contributed by atoms with van der Waals surface area (Å²) >= 11 is 0. The number of fused-ring (bicyclic) bond motifs is 2. The minimum absolute atomic E-state index is 0.0645. The van der Waals surface area contributed by atoms with Crippen molar-refractivity contribution in [2.24, 2.45) is 0 Å². The van der Waals surface area contributed by atoms with E-state index in [-0.39, 0.29) is 24.2 Å². The summed E-state index contributed by atoms with van der Waals surface area (Å²) in [5.74, 6) is 0. The minimum Gasteiger partial charge on any atom is -0.393 e. The van der Waals surface area contributed by atoms with Gasteiger partial charge in [-0.1, -0.05) is 0 Å². The number of aromatic amines is 2. The van der Waals surface area contributed by atoms with E-state index in [1.807, 2.05) is 0 Å². The molecule has 5 N–H and O–H groups in total. The molecule has 3 aliphatic rings. The molecule has 0 aromatic carbocycles. The zero-order valence-electron chi connectivity index (χ0n) is 20.7. The highest BCUT2D eigenvalue weighted by molar-refractivity contribution is 7.47. The fourth-order valence-electron chi connectivity index (χ4n) is 4.84. The Morgan fingerprint density at radius 3 is 2.36 bits per heavy atom. The molecule has 8 atom stereocenters. The van der Waals surface area contributed by atoms with E-state index >= 15 is 0 Å². The standard InChI is InChI=1S/C21H27N4O13P/c1-9-4-24(19(30)22-16(9)28)13-3-11(27)12(36-13)6-35-39(32,33)38-15-14-18(37-21(15,7-26)8-34-14)25-5-10(2)17(29)23-20(25)31/h4-5,11-15,18,26-27H,3,6-8H2,1-2H3,(H,32,33)(H,22,28,30)(H,23,29,31). The van der Waals surface area contributed by atoms with Crippen LogP contribution in [-0.4, -0.2) is 84.0 Å². The third-order valence-electron chi connectivity index (χ3n) is 6.97. The van der Waals surface area contributed by atoms with Crippen molar-refractivity contribution in [3.05, 3.63) is 65.2 Å². The van der Waals surface area contributed by atoms with Crippen LogP contribution in [0.4, 0.5) is 0 Å². The highest BCUT2D eigenvalue weighted by Crippen LogP contribution is 2.54. The molecule has 39 heavy (non-hydrogen) atoms. The van der Waals surface area contributed by atoms with Gasteiger partial charge in [-0.3, -0.25) is 37.7 Å². The number of aryl methyl sites for hydroxylation is 2. The lowest BCUT2D eigenvalue weighted by molar-refractivity contribution is -0.187. The number of hydrogen-bond acceptors (Lipinski definition) is 12. The fraction of sp³-hybridized carbons (Fsp3) is 0.619. The average Bonchev–Trinajstić information content (AvgIpc) is 3.51. The van der Waals surface area contributed by atoms with Gasteiger partial charge in [-0.2, -0.15) is 0 Å². The van der Waals surface area contributed by atoms with Gasteiger partial charge in [-0.05, 0) is 13.8 Å². The minimum atomic E-state index is -4.90. The largest absolute Gasteiger partial charge is 0.472 e. The highest BCUT2D eigenvalue weighted by atomic mass is 31.2. The first kappa shape index (κ1) is 27.8. The van der Waals surface area contributed by atoms with Crippen LogP contribution in [0.15, 0.2) is 31.6 Å². The van der Waals surface area contributed by atoms with Gasteiger partial charge in [0.2, 0.25) is 0 Å². The number of phosphoric acid groups is 1. The molecule has 8 unspecified atom stereocenters. The van der Waals surface area contributed by atoms with Gasteiger partial charge in [0.1, 0.15) is 30.1 Å². The second-order valence-electron chi connectivity index (χ2n) is 9.69. The SMILES string of the molecule is Cc1cn(C2CC(O)C(COP(=O)(O)OC3C4OCC3(CO)OC4n3cc(C)c(=O)[nH]c3=O)O2)c(=O)[nH]c1=O. The Kier molecular flexibility index (Phi) is 7.15. The fourth-order valence-corrected chi connectivity index (χ4v) is 5.84. The molecule has 3 saturated heterocycles. The summed E-state index contributed by atoms with van der Waals surface area (Å²) in [5.41, 5.74) is -3.91. The van der Waals surface area contributed by atoms with Crippen molar-refractivity contribution < 1.29 is 42.9 Å². The molecule has 3 aliphatic heterocycles. The van der Waals surface area contributed by atoms with Gasteiger partial charge in [0.05, 0.1) is 25.9 Å². The van der Waals surface area contributed by atoms with E-state index in [0.29, 0.717) is 0 Å². The molecule has 2 aromatic heterocycles. The van der Waals surface area contributed by atoms with Gasteiger partial charge >= 0.3 is 19.2 Å². The number of aromatic nitrogens is 4. The Bertz CT molecular complexity index is 1550. The van der Waals surface area contributed by atoms with Gasteiger partial charge in [-0.15, -0.1) is 0 Å². The quantitative estimate of drug-likeness (QED) is 0.206. The number of nitrogens with zero attached hydrogens (tertiary/aromatic N) is 2. The van der Waals surface area contributed by atoms with Gasteiger partial charge < -0.3 is 29.3 Å². The van der Waals surface area contributed by atoms with Crippen LogP contribution in [0, 0.1) is 13.8 Å². The number of H-pyrrole nitrogens is 2. The summed E-state index contributed by atoms with van der Waals surface area (Å²) in [6, 6.07) is 0. The van der Waals surface area contributed by atoms with Crippen molar-refractivity contribution in [1.29, 1.82) is 0 Å². The van der Waals surface area contributed by atoms with E-state index in [9.17, 15) is 38.8 Å². The van der Waals surface area contributed by atoms with Crippen molar-refractivity contribution in [1.82, 2.24) is 19.1 Å². The van der Waals surface area contributed by atoms with Crippen LogP contribution < -0.4 is 22.5 Å². The molecule has 0 amide bonds. The van der Waals surface area contributed by atoms with E-state index in [1.165, 1.54) is 26.2 Å². The summed E-state index contributed by atoms with van der Waals surface area (Å²) < 4.78 is 42.5. The second kappa shape index (κ2) is 10.0.